The van der Waals surface area contributed by atoms with Gasteiger partial charge in [-0.2, -0.15) is 0 Å². The molecule has 0 aliphatic carbocycles. The van der Waals surface area contributed by atoms with E-state index in [2.05, 4.69) is 0 Å². The van der Waals surface area contributed by atoms with E-state index in [-0.39, 0.29) is 18.6 Å². The van der Waals surface area contributed by atoms with Crippen molar-refractivity contribution >= 4 is 12.1 Å². The van der Waals surface area contributed by atoms with E-state index in [1.165, 1.54) is 0 Å². The molecule has 1 saturated heterocycles. The average molecular weight is 333 g/mol. The number of carbonyl (C=O) groups is 2. The molecule has 2 rings (SSSR count). The molecule has 0 saturated carbocycles. The highest BCUT2D eigenvalue weighted by atomic mass is 16.6. The lowest BCUT2D eigenvalue weighted by Crippen LogP contribution is -2.42. The fourth-order valence-electron chi connectivity index (χ4n) is 3.12. The molecular formula is C19H27NO4. The second-order valence-electron chi connectivity index (χ2n) is 7.28. The Morgan fingerprint density at radius 1 is 1.25 bits per heavy atom. The van der Waals surface area contributed by atoms with Crippen molar-refractivity contribution in [3.05, 3.63) is 35.4 Å². The molecule has 1 atom stereocenters. The first kappa shape index (κ1) is 18.3. The minimum atomic E-state index is -0.808. The number of hydrogen-bond acceptors (Lipinski definition) is 3. The summed E-state index contributed by atoms with van der Waals surface area (Å²) < 4.78 is 5.56. The van der Waals surface area contributed by atoms with Gasteiger partial charge in [0.15, 0.2) is 0 Å². The third kappa shape index (κ3) is 4.98. The summed E-state index contributed by atoms with van der Waals surface area (Å²) in [5, 5.41) is 8.96. The van der Waals surface area contributed by atoms with Crippen LogP contribution in [0.2, 0.25) is 0 Å². The van der Waals surface area contributed by atoms with Crippen LogP contribution in [0, 0.1) is 0 Å². The van der Waals surface area contributed by atoms with Crippen molar-refractivity contribution in [2.45, 2.75) is 64.5 Å². The van der Waals surface area contributed by atoms with Gasteiger partial charge in [-0.05, 0) is 57.6 Å². The fraction of sp³-hybridized carbons (Fsp3) is 0.579. The number of benzene rings is 1. The highest BCUT2D eigenvalue weighted by molar-refractivity contribution is 5.69. The predicted octanol–water partition coefficient (Wildman–Crippen LogP) is 4.17. The number of carbonyl (C=O) groups excluding carboxylic acids is 1. The van der Waals surface area contributed by atoms with Crippen LogP contribution in [0.25, 0.3) is 0 Å². The zero-order chi connectivity index (χ0) is 17.7. The summed E-state index contributed by atoms with van der Waals surface area (Å²) in [5.41, 5.74) is 1.52. The first-order valence-electron chi connectivity index (χ1n) is 8.57. The van der Waals surface area contributed by atoms with Gasteiger partial charge >= 0.3 is 12.1 Å². The standard InChI is InChI=1S/C19H27NO4/c1-19(2,3)24-18(23)20-13-7-6-10-16(20)15-9-5-4-8-14(15)11-12-17(21)22/h4-5,8-9,16H,6-7,10-13H2,1-3H3,(H,21,22). The second kappa shape index (κ2) is 7.69. The first-order valence-corrected chi connectivity index (χ1v) is 8.57. The Labute approximate surface area is 143 Å². The number of nitrogens with zero attached hydrogens (tertiary/aromatic N) is 1. The van der Waals surface area contributed by atoms with Crippen molar-refractivity contribution in [2.75, 3.05) is 6.54 Å². The molecule has 1 aromatic rings. The minimum Gasteiger partial charge on any atom is -0.481 e. The molecule has 1 N–H and O–H groups in total. The highest BCUT2D eigenvalue weighted by Gasteiger charge is 2.32. The quantitative estimate of drug-likeness (QED) is 0.898. The highest BCUT2D eigenvalue weighted by Crippen LogP contribution is 2.34. The summed E-state index contributed by atoms with van der Waals surface area (Å²) in [6.07, 6.45) is 3.17. The Hall–Kier alpha value is -2.04. The van der Waals surface area contributed by atoms with E-state index >= 15 is 0 Å². The number of aliphatic carboxylic acids is 1. The van der Waals surface area contributed by atoms with E-state index in [0.29, 0.717) is 13.0 Å². The molecule has 0 aromatic heterocycles. The zero-order valence-electron chi connectivity index (χ0n) is 14.7. The maximum atomic E-state index is 12.6. The van der Waals surface area contributed by atoms with E-state index < -0.39 is 11.6 Å². The van der Waals surface area contributed by atoms with Crippen molar-refractivity contribution in [3.63, 3.8) is 0 Å². The molecule has 1 aromatic carbocycles. The number of rotatable bonds is 4. The molecule has 1 amide bonds. The molecular weight excluding hydrogens is 306 g/mol. The topological polar surface area (TPSA) is 66.8 Å². The summed E-state index contributed by atoms with van der Waals surface area (Å²) in [6, 6.07) is 7.78. The Morgan fingerprint density at radius 2 is 1.96 bits per heavy atom. The molecule has 0 spiro atoms. The number of aryl methyl sites for hydroxylation is 1. The number of carboxylic acids is 1. The zero-order valence-corrected chi connectivity index (χ0v) is 14.7. The van der Waals surface area contributed by atoms with Gasteiger partial charge in [0, 0.05) is 13.0 Å². The summed E-state index contributed by atoms with van der Waals surface area (Å²) in [4.78, 5) is 25.3. The number of carboxylic acid groups (broad SMARTS) is 1. The van der Waals surface area contributed by atoms with Crippen LogP contribution in [-0.4, -0.2) is 34.2 Å². The molecule has 0 bridgehead atoms. The molecule has 5 heteroatoms. The molecule has 1 fully saturated rings. The maximum absolute atomic E-state index is 12.6. The number of ether oxygens (including phenoxy) is 1. The minimum absolute atomic E-state index is 0.0430. The van der Waals surface area contributed by atoms with E-state index in [0.717, 1.165) is 30.4 Å². The van der Waals surface area contributed by atoms with Gasteiger partial charge in [0.05, 0.1) is 6.04 Å². The second-order valence-corrected chi connectivity index (χ2v) is 7.28. The lowest BCUT2D eigenvalue weighted by atomic mass is 9.90. The molecule has 1 aliphatic rings. The molecule has 24 heavy (non-hydrogen) atoms. The van der Waals surface area contributed by atoms with Crippen molar-refractivity contribution < 1.29 is 19.4 Å². The summed E-state index contributed by atoms with van der Waals surface area (Å²) in [7, 11) is 0. The van der Waals surface area contributed by atoms with Crippen molar-refractivity contribution in [3.8, 4) is 0 Å². The van der Waals surface area contributed by atoms with Gasteiger partial charge in [0.2, 0.25) is 0 Å². The number of likely N-dealkylation sites (tertiary alicyclic amines) is 1. The maximum Gasteiger partial charge on any atom is 0.410 e. The predicted molar refractivity (Wildman–Crippen MR) is 91.9 cm³/mol. The summed E-state index contributed by atoms with van der Waals surface area (Å²) in [5.74, 6) is -0.808. The molecule has 1 aliphatic heterocycles. The van der Waals surface area contributed by atoms with Crippen LogP contribution in [0.1, 0.15) is 63.6 Å². The molecule has 5 nitrogen and oxygen atoms in total. The normalized spacial score (nSPS) is 18.3. The number of hydrogen-bond donors (Lipinski definition) is 1. The molecule has 0 radical (unpaired) electrons. The van der Waals surface area contributed by atoms with Gasteiger partial charge in [-0.1, -0.05) is 24.3 Å². The lowest BCUT2D eigenvalue weighted by Gasteiger charge is -2.37. The summed E-state index contributed by atoms with van der Waals surface area (Å²) in [6.45, 7) is 6.27. The third-order valence-corrected chi connectivity index (χ3v) is 4.15. The van der Waals surface area contributed by atoms with Crippen LogP contribution in [-0.2, 0) is 16.0 Å². The smallest absolute Gasteiger partial charge is 0.410 e. The van der Waals surface area contributed by atoms with Crippen LogP contribution in [0.5, 0.6) is 0 Å². The molecule has 1 unspecified atom stereocenters. The van der Waals surface area contributed by atoms with E-state index in [9.17, 15) is 9.59 Å². The molecule has 1 heterocycles. The Kier molecular flexibility index (Phi) is 5.86. The SMILES string of the molecule is CC(C)(C)OC(=O)N1CCCCC1c1ccccc1CCC(=O)O. The van der Waals surface area contributed by atoms with Gasteiger partial charge in [0.25, 0.3) is 0 Å². The van der Waals surface area contributed by atoms with Gasteiger partial charge in [0.1, 0.15) is 5.60 Å². The Morgan fingerprint density at radius 3 is 2.62 bits per heavy atom. The number of piperidine rings is 1. The van der Waals surface area contributed by atoms with Crippen LogP contribution in [0.4, 0.5) is 4.79 Å². The van der Waals surface area contributed by atoms with Crippen LogP contribution in [0.15, 0.2) is 24.3 Å². The Bertz CT molecular complexity index is 591. The van der Waals surface area contributed by atoms with E-state index in [1.807, 2.05) is 45.0 Å². The first-order chi connectivity index (χ1) is 11.3. The van der Waals surface area contributed by atoms with Crippen molar-refractivity contribution in [1.82, 2.24) is 4.90 Å². The van der Waals surface area contributed by atoms with Gasteiger partial charge in [-0.15, -0.1) is 0 Å². The monoisotopic (exact) mass is 333 g/mol. The number of amides is 1. The average Bonchev–Trinajstić information content (AvgIpc) is 2.51. The largest absolute Gasteiger partial charge is 0.481 e. The van der Waals surface area contributed by atoms with E-state index in [1.54, 1.807) is 4.90 Å². The van der Waals surface area contributed by atoms with Crippen LogP contribution < -0.4 is 0 Å². The summed E-state index contributed by atoms with van der Waals surface area (Å²) >= 11 is 0. The van der Waals surface area contributed by atoms with Crippen LogP contribution >= 0.6 is 0 Å². The Balaban J connectivity index is 2.24. The third-order valence-electron chi connectivity index (χ3n) is 4.15. The van der Waals surface area contributed by atoms with Gasteiger partial charge < -0.3 is 14.7 Å². The fourth-order valence-corrected chi connectivity index (χ4v) is 3.12. The van der Waals surface area contributed by atoms with Crippen molar-refractivity contribution in [2.24, 2.45) is 0 Å². The van der Waals surface area contributed by atoms with Crippen molar-refractivity contribution in [1.29, 1.82) is 0 Å². The van der Waals surface area contributed by atoms with Gasteiger partial charge in [-0.25, -0.2) is 4.79 Å². The lowest BCUT2D eigenvalue weighted by molar-refractivity contribution is -0.136. The van der Waals surface area contributed by atoms with Gasteiger partial charge in [-0.3, -0.25) is 4.79 Å². The van der Waals surface area contributed by atoms with Crippen LogP contribution in [0.3, 0.4) is 0 Å². The molecule has 132 valence electrons. The van der Waals surface area contributed by atoms with E-state index in [4.69, 9.17) is 9.84 Å².